The van der Waals surface area contributed by atoms with Gasteiger partial charge in [-0.05, 0) is 18.6 Å². The van der Waals surface area contributed by atoms with Crippen LogP contribution in [-0.4, -0.2) is 19.8 Å². The first kappa shape index (κ1) is 16.2. The van der Waals surface area contributed by atoms with E-state index < -0.39 is 20.9 Å². The van der Waals surface area contributed by atoms with Gasteiger partial charge in [-0.2, -0.15) is 0 Å². The van der Waals surface area contributed by atoms with Gasteiger partial charge in [-0.1, -0.05) is 46.1 Å². The van der Waals surface area contributed by atoms with Crippen molar-refractivity contribution in [2.45, 2.75) is 23.1 Å². The number of rotatable bonds is 5. The highest BCUT2D eigenvalue weighted by Gasteiger charge is 2.21. The van der Waals surface area contributed by atoms with Gasteiger partial charge in [-0.3, -0.25) is 0 Å². The van der Waals surface area contributed by atoms with Crippen molar-refractivity contribution in [3.05, 3.63) is 28.0 Å². The number of hydrogen-bond acceptors (Lipinski definition) is 2. The van der Waals surface area contributed by atoms with Crippen LogP contribution in [0.4, 0.5) is 4.39 Å². The third-order valence-electron chi connectivity index (χ3n) is 2.12. The van der Waals surface area contributed by atoms with Crippen LogP contribution >= 0.6 is 39.1 Å². The first-order valence-electron chi connectivity index (χ1n) is 5.03. The molecular formula is C10H11BrCl2FNO2S. The van der Waals surface area contributed by atoms with Crippen molar-refractivity contribution in [2.24, 2.45) is 0 Å². The Bertz CT molecular complexity index is 537. The molecule has 0 bridgehead atoms. The third-order valence-corrected chi connectivity index (χ3v) is 4.86. The van der Waals surface area contributed by atoms with Gasteiger partial charge in [-0.25, -0.2) is 17.5 Å². The largest absolute Gasteiger partial charge is 0.242 e. The van der Waals surface area contributed by atoms with Gasteiger partial charge in [0, 0.05) is 11.4 Å². The molecule has 0 spiro atoms. The van der Waals surface area contributed by atoms with Gasteiger partial charge < -0.3 is 0 Å². The molecule has 0 heterocycles. The zero-order valence-corrected chi connectivity index (χ0v) is 13.3. The Morgan fingerprint density at radius 2 is 2.06 bits per heavy atom. The highest BCUT2D eigenvalue weighted by molar-refractivity contribution is 9.09. The minimum Gasteiger partial charge on any atom is -0.211 e. The van der Waals surface area contributed by atoms with Crippen molar-refractivity contribution in [3.63, 3.8) is 0 Å². The van der Waals surface area contributed by atoms with Gasteiger partial charge in [0.15, 0.2) is 5.82 Å². The molecule has 1 rings (SSSR count). The minimum absolute atomic E-state index is 0.178. The summed E-state index contributed by atoms with van der Waals surface area (Å²) in [4.78, 5) is -0.133. The van der Waals surface area contributed by atoms with E-state index in [9.17, 15) is 12.8 Å². The molecule has 3 nitrogen and oxygen atoms in total. The van der Waals surface area contributed by atoms with Crippen LogP contribution in [0.15, 0.2) is 17.0 Å². The minimum atomic E-state index is -3.83. The molecule has 0 fully saturated rings. The molecule has 8 heteroatoms. The van der Waals surface area contributed by atoms with Crippen molar-refractivity contribution in [3.8, 4) is 0 Å². The van der Waals surface area contributed by atoms with Crippen LogP contribution in [0.3, 0.4) is 0 Å². The maximum absolute atomic E-state index is 13.4. The Balaban J connectivity index is 2.96. The van der Waals surface area contributed by atoms with Gasteiger partial charge in [0.1, 0.15) is 4.90 Å². The molecule has 0 aliphatic carbocycles. The Kier molecular flexibility index (Phi) is 5.86. The van der Waals surface area contributed by atoms with E-state index in [2.05, 4.69) is 20.7 Å². The summed E-state index contributed by atoms with van der Waals surface area (Å²) in [6, 6.07) is 2.33. The van der Waals surface area contributed by atoms with E-state index in [4.69, 9.17) is 23.2 Å². The number of nitrogens with one attached hydrogen (secondary N) is 1. The molecule has 1 N–H and O–H groups in total. The van der Waals surface area contributed by atoms with Crippen LogP contribution in [0, 0.1) is 5.82 Å². The fourth-order valence-electron chi connectivity index (χ4n) is 1.19. The molecule has 18 heavy (non-hydrogen) atoms. The molecule has 1 atom stereocenters. The van der Waals surface area contributed by atoms with Crippen LogP contribution in [0.2, 0.25) is 10.0 Å². The quantitative estimate of drug-likeness (QED) is 0.628. The number of halogens is 4. The second-order valence-corrected chi connectivity index (χ2v) is 7.72. The Morgan fingerprint density at radius 3 is 2.61 bits per heavy atom. The molecule has 0 saturated carbocycles. The Hall–Kier alpha value is 0.120. The van der Waals surface area contributed by atoms with Gasteiger partial charge in [-0.15, -0.1) is 0 Å². The normalized spacial score (nSPS) is 13.6. The average Bonchev–Trinajstić information content (AvgIpc) is 2.24. The number of benzene rings is 1. The zero-order valence-electron chi connectivity index (χ0n) is 9.38. The van der Waals surface area contributed by atoms with Gasteiger partial charge >= 0.3 is 0 Å². The van der Waals surface area contributed by atoms with Crippen LogP contribution in [0.5, 0.6) is 0 Å². The molecular weight excluding hydrogens is 368 g/mol. The third kappa shape index (κ3) is 4.06. The predicted octanol–water partition coefficient (Wildman–Crippen LogP) is 3.58. The summed E-state index contributed by atoms with van der Waals surface area (Å²) in [6.45, 7) is 2.12. The molecule has 1 unspecified atom stereocenters. The van der Waals surface area contributed by atoms with E-state index in [-0.39, 0.29) is 21.3 Å². The summed E-state index contributed by atoms with van der Waals surface area (Å²) < 4.78 is 39.5. The maximum atomic E-state index is 13.4. The fraction of sp³-hybridized carbons (Fsp3) is 0.400. The number of alkyl halides is 1. The van der Waals surface area contributed by atoms with Crippen molar-refractivity contribution >= 4 is 49.2 Å². The van der Waals surface area contributed by atoms with E-state index in [0.717, 1.165) is 6.07 Å². The van der Waals surface area contributed by atoms with Crippen molar-refractivity contribution in [2.75, 3.05) is 6.54 Å². The summed E-state index contributed by atoms with van der Waals surface area (Å²) in [6.07, 6.45) is 0.604. The summed E-state index contributed by atoms with van der Waals surface area (Å²) in [5.74, 6) is -0.935. The molecule has 0 aliphatic rings. The first-order valence-corrected chi connectivity index (χ1v) is 8.18. The number of hydrogen-bond donors (Lipinski definition) is 1. The SMILES string of the molecule is CC(Br)CCNS(=O)(=O)c1ccc(Cl)c(F)c1Cl. The highest BCUT2D eigenvalue weighted by atomic mass is 79.9. The lowest BCUT2D eigenvalue weighted by Gasteiger charge is -2.10. The van der Waals surface area contributed by atoms with E-state index in [1.807, 2.05) is 6.92 Å². The predicted molar refractivity (Wildman–Crippen MR) is 74.6 cm³/mol. The summed E-state index contributed by atoms with van der Waals surface area (Å²) in [5.41, 5.74) is 0. The molecule has 0 aromatic heterocycles. The lowest BCUT2D eigenvalue weighted by molar-refractivity contribution is 0.575. The monoisotopic (exact) mass is 377 g/mol. The maximum Gasteiger partial charge on any atom is 0.242 e. The van der Waals surface area contributed by atoms with Gasteiger partial charge in [0.05, 0.1) is 10.0 Å². The standard InChI is InChI=1S/C10H11BrCl2FNO2S/c1-6(11)4-5-15-18(16,17)8-3-2-7(12)10(14)9(8)13/h2-3,6,15H,4-5H2,1H3. The van der Waals surface area contributed by atoms with E-state index in [0.29, 0.717) is 6.42 Å². The molecule has 0 radical (unpaired) electrons. The van der Waals surface area contributed by atoms with Crippen molar-refractivity contribution < 1.29 is 12.8 Å². The van der Waals surface area contributed by atoms with Gasteiger partial charge in [0.25, 0.3) is 0 Å². The van der Waals surface area contributed by atoms with Crippen molar-refractivity contribution in [1.29, 1.82) is 0 Å². The second-order valence-electron chi connectivity index (χ2n) is 3.64. The van der Waals surface area contributed by atoms with E-state index in [1.165, 1.54) is 6.07 Å². The van der Waals surface area contributed by atoms with Gasteiger partial charge in [0.2, 0.25) is 10.0 Å². The van der Waals surface area contributed by atoms with Crippen LogP contribution < -0.4 is 4.72 Å². The molecule has 1 aromatic carbocycles. The lowest BCUT2D eigenvalue weighted by atomic mass is 10.3. The molecule has 1 aromatic rings. The summed E-state index contributed by atoms with van der Waals surface area (Å²) in [7, 11) is -3.83. The smallest absolute Gasteiger partial charge is 0.211 e. The highest BCUT2D eigenvalue weighted by Crippen LogP contribution is 2.29. The van der Waals surface area contributed by atoms with Crippen LogP contribution in [-0.2, 0) is 10.0 Å². The molecule has 0 amide bonds. The molecule has 102 valence electrons. The number of sulfonamides is 1. The lowest BCUT2D eigenvalue weighted by Crippen LogP contribution is -2.26. The first-order chi connectivity index (χ1) is 8.25. The Labute approximate surface area is 124 Å². The van der Waals surface area contributed by atoms with E-state index in [1.54, 1.807) is 0 Å². The van der Waals surface area contributed by atoms with Crippen LogP contribution in [0.1, 0.15) is 13.3 Å². The zero-order chi connectivity index (χ0) is 13.9. The topological polar surface area (TPSA) is 46.2 Å². The molecule has 0 saturated heterocycles. The molecule has 0 aliphatic heterocycles. The average molecular weight is 379 g/mol. The van der Waals surface area contributed by atoms with Crippen LogP contribution in [0.25, 0.3) is 0 Å². The van der Waals surface area contributed by atoms with Crippen molar-refractivity contribution in [1.82, 2.24) is 4.72 Å². The summed E-state index contributed by atoms with van der Waals surface area (Å²) in [5, 5.41) is -0.713. The fourth-order valence-corrected chi connectivity index (χ4v) is 3.20. The van der Waals surface area contributed by atoms with E-state index >= 15 is 0 Å². The second kappa shape index (κ2) is 6.52. The Morgan fingerprint density at radius 1 is 1.44 bits per heavy atom. The summed E-state index contributed by atoms with van der Waals surface area (Å²) >= 11 is 14.4.